The molecule has 0 aliphatic rings. The van der Waals surface area contributed by atoms with Crippen LogP contribution < -0.4 is 16.0 Å². The smallest absolute Gasteiger partial charge is 0.272 e. The van der Waals surface area contributed by atoms with Gasteiger partial charge in [-0.2, -0.15) is 0 Å². The fourth-order valence-electron chi connectivity index (χ4n) is 1.53. The summed E-state index contributed by atoms with van der Waals surface area (Å²) >= 11 is 11.9. The standard InChI is InChI=1S/C11H9Cl2N5O3/c1-5-10(17-14)15-4-16-11(5)21-9-7(12)2-6(18(19)20)3-8(9)13/h2-4H,14H2,1H3,(H,15,16,17). The Hall–Kier alpha value is -2.16. The van der Waals surface area contributed by atoms with E-state index < -0.39 is 4.92 Å². The van der Waals surface area contributed by atoms with Crippen molar-refractivity contribution in [1.29, 1.82) is 0 Å². The van der Waals surface area contributed by atoms with Gasteiger partial charge in [-0.15, -0.1) is 0 Å². The number of hydrazine groups is 1. The van der Waals surface area contributed by atoms with Crippen molar-refractivity contribution in [3.05, 3.63) is 44.2 Å². The van der Waals surface area contributed by atoms with Crippen molar-refractivity contribution in [2.45, 2.75) is 6.92 Å². The number of aromatic nitrogens is 2. The first-order valence-corrected chi connectivity index (χ1v) is 6.29. The number of rotatable bonds is 4. The Balaban J connectivity index is 2.43. The first kappa shape index (κ1) is 15.2. The van der Waals surface area contributed by atoms with Crippen LogP contribution in [0.25, 0.3) is 0 Å². The van der Waals surface area contributed by atoms with Crippen molar-refractivity contribution in [2.24, 2.45) is 5.84 Å². The molecule has 0 fully saturated rings. The molecule has 0 aliphatic heterocycles. The summed E-state index contributed by atoms with van der Waals surface area (Å²) < 4.78 is 5.51. The van der Waals surface area contributed by atoms with Crippen molar-refractivity contribution >= 4 is 34.7 Å². The highest BCUT2D eigenvalue weighted by atomic mass is 35.5. The van der Waals surface area contributed by atoms with Crippen molar-refractivity contribution in [3.63, 3.8) is 0 Å². The molecule has 0 bridgehead atoms. The Morgan fingerprint density at radius 3 is 2.48 bits per heavy atom. The van der Waals surface area contributed by atoms with E-state index in [2.05, 4.69) is 15.4 Å². The highest BCUT2D eigenvalue weighted by molar-refractivity contribution is 6.37. The van der Waals surface area contributed by atoms with Gasteiger partial charge in [0.05, 0.1) is 20.5 Å². The highest BCUT2D eigenvalue weighted by Gasteiger charge is 2.18. The molecule has 2 rings (SSSR count). The van der Waals surface area contributed by atoms with Gasteiger partial charge in [0.25, 0.3) is 5.69 Å². The fourth-order valence-corrected chi connectivity index (χ4v) is 2.08. The zero-order chi connectivity index (χ0) is 15.6. The summed E-state index contributed by atoms with van der Waals surface area (Å²) in [5, 5.41) is 10.7. The summed E-state index contributed by atoms with van der Waals surface area (Å²) in [7, 11) is 0. The van der Waals surface area contributed by atoms with Crippen LogP contribution in [-0.2, 0) is 0 Å². The number of nitrogen functional groups attached to an aromatic ring is 1. The monoisotopic (exact) mass is 329 g/mol. The predicted molar refractivity (Wildman–Crippen MR) is 77.8 cm³/mol. The lowest BCUT2D eigenvalue weighted by atomic mass is 10.3. The molecule has 110 valence electrons. The van der Waals surface area contributed by atoms with Crippen molar-refractivity contribution < 1.29 is 9.66 Å². The van der Waals surface area contributed by atoms with Gasteiger partial charge >= 0.3 is 0 Å². The second kappa shape index (κ2) is 6.08. The molecule has 1 heterocycles. The van der Waals surface area contributed by atoms with Crippen molar-refractivity contribution in [2.75, 3.05) is 5.43 Å². The highest BCUT2D eigenvalue weighted by Crippen LogP contribution is 2.39. The molecule has 0 unspecified atom stereocenters. The summed E-state index contributed by atoms with van der Waals surface area (Å²) in [4.78, 5) is 18.0. The molecule has 1 aromatic heterocycles. The number of halogens is 2. The fraction of sp³-hybridized carbons (Fsp3) is 0.0909. The van der Waals surface area contributed by atoms with Crippen LogP contribution in [0, 0.1) is 17.0 Å². The maximum atomic E-state index is 10.7. The third-order valence-electron chi connectivity index (χ3n) is 2.57. The SMILES string of the molecule is Cc1c(NN)ncnc1Oc1c(Cl)cc([N+](=O)[O-])cc1Cl. The molecule has 0 aliphatic carbocycles. The Kier molecular flexibility index (Phi) is 4.41. The van der Waals surface area contributed by atoms with E-state index in [-0.39, 0.29) is 27.4 Å². The topological polar surface area (TPSA) is 116 Å². The zero-order valence-electron chi connectivity index (χ0n) is 10.6. The molecule has 10 heteroatoms. The molecular formula is C11H9Cl2N5O3. The van der Waals surface area contributed by atoms with Crippen LogP contribution in [0.5, 0.6) is 11.6 Å². The van der Waals surface area contributed by atoms with Crippen molar-refractivity contribution in [3.8, 4) is 11.6 Å². The number of nitrogens with zero attached hydrogens (tertiary/aromatic N) is 3. The van der Waals surface area contributed by atoms with E-state index in [0.717, 1.165) is 12.1 Å². The van der Waals surface area contributed by atoms with Gasteiger partial charge in [0, 0.05) is 12.1 Å². The normalized spacial score (nSPS) is 10.3. The Bertz CT molecular complexity index is 687. The second-order valence-corrected chi connectivity index (χ2v) is 4.71. The van der Waals surface area contributed by atoms with Gasteiger partial charge in [-0.25, -0.2) is 15.8 Å². The van der Waals surface area contributed by atoms with Crippen LogP contribution in [-0.4, -0.2) is 14.9 Å². The van der Waals surface area contributed by atoms with Crippen LogP contribution >= 0.6 is 23.2 Å². The quantitative estimate of drug-likeness (QED) is 0.502. The van der Waals surface area contributed by atoms with E-state index in [1.54, 1.807) is 6.92 Å². The molecule has 0 saturated heterocycles. The first-order chi connectivity index (χ1) is 9.93. The molecular weight excluding hydrogens is 321 g/mol. The molecule has 1 aromatic carbocycles. The van der Waals surface area contributed by atoms with Crippen LogP contribution in [0.3, 0.4) is 0 Å². The molecule has 3 N–H and O–H groups in total. The Morgan fingerprint density at radius 2 is 1.95 bits per heavy atom. The van der Waals surface area contributed by atoms with Gasteiger partial charge < -0.3 is 10.2 Å². The first-order valence-electron chi connectivity index (χ1n) is 5.53. The molecule has 0 amide bonds. The van der Waals surface area contributed by atoms with Gasteiger partial charge in [0.2, 0.25) is 5.88 Å². The number of non-ortho nitro benzene ring substituents is 1. The largest absolute Gasteiger partial charge is 0.435 e. The van der Waals surface area contributed by atoms with Crippen LogP contribution in [0.2, 0.25) is 10.0 Å². The summed E-state index contributed by atoms with van der Waals surface area (Å²) in [6.07, 6.45) is 1.24. The lowest BCUT2D eigenvalue weighted by molar-refractivity contribution is -0.384. The predicted octanol–water partition coefficient (Wildman–Crippen LogP) is 3.08. The lowest BCUT2D eigenvalue weighted by Crippen LogP contribution is -2.11. The van der Waals surface area contributed by atoms with Crippen LogP contribution in [0.4, 0.5) is 11.5 Å². The van der Waals surface area contributed by atoms with E-state index in [1.165, 1.54) is 6.33 Å². The third kappa shape index (κ3) is 3.13. The van der Waals surface area contributed by atoms with Gasteiger partial charge in [0.1, 0.15) is 12.1 Å². The maximum Gasteiger partial charge on any atom is 0.272 e. The molecule has 21 heavy (non-hydrogen) atoms. The maximum absolute atomic E-state index is 10.7. The summed E-state index contributed by atoms with van der Waals surface area (Å²) in [6, 6.07) is 2.28. The number of benzene rings is 1. The van der Waals surface area contributed by atoms with Crippen molar-refractivity contribution in [1.82, 2.24) is 9.97 Å². The molecule has 0 radical (unpaired) electrons. The summed E-state index contributed by atoms with van der Waals surface area (Å²) in [5.74, 6) is 5.91. The number of nitro benzene ring substituents is 1. The van der Waals surface area contributed by atoms with E-state index in [1.807, 2.05) is 0 Å². The van der Waals surface area contributed by atoms with Gasteiger partial charge in [-0.1, -0.05) is 23.2 Å². The van der Waals surface area contributed by atoms with E-state index in [4.69, 9.17) is 33.8 Å². The summed E-state index contributed by atoms with van der Waals surface area (Å²) in [6.45, 7) is 1.68. The van der Waals surface area contributed by atoms with Gasteiger partial charge in [-0.3, -0.25) is 10.1 Å². The number of nitro groups is 1. The number of hydrogen-bond acceptors (Lipinski definition) is 7. The number of nitrogens with two attached hydrogens (primary N) is 1. The number of hydrogen-bond donors (Lipinski definition) is 2. The average molecular weight is 330 g/mol. The average Bonchev–Trinajstić information content (AvgIpc) is 2.44. The molecule has 0 atom stereocenters. The number of nitrogens with one attached hydrogen (secondary N) is 1. The zero-order valence-corrected chi connectivity index (χ0v) is 12.1. The minimum atomic E-state index is -0.603. The number of ether oxygens (including phenoxy) is 1. The number of anilines is 1. The van der Waals surface area contributed by atoms with Gasteiger partial charge in [-0.05, 0) is 6.92 Å². The molecule has 0 spiro atoms. The molecule has 0 saturated carbocycles. The van der Waals surface area contributed by atoms with Crippen LogP contribution in [0.1, 0.15) is 5.56 Å². The van der Waals surface area contributed by atoms with E-state index in [0.29, 0.717) is 11.4 Å². The van der Waals surface area contributed by atoms with Crippen LogP contribution in [0.15, 0.2) is 18.5 Å². The Morgan fingerprint density at radius 1 is 1.33 bits per heavy atom. The Labute approximate surface area is 129 Å². The molecule has 2 aromatic rings. The summed E-state index contributed by atoms with van der Waals surface area (Å²) in [5.41, 5.74) is 2.69. The molecule has 8 nitrogen and oxygen atoms in total. The second-order valence-electron chi connectivity index (χ2n) is 3.89. The third-order valence-corrected chi connectivity index (χ3v) is 3.13. The van der Waals surface area contributed by atoms with E-state index in [9.17, 15) is 10.1 Å². The minimum absolute atomic E-state index is 0.00512. The minimum Gasteiger partial charge on any atom is -0.435 e. The van der Waals surface area contributed by atoms with Gasteiger partial charge in [0.15, 0.2) is 5.75 Å². The van der Waals surface area contributed by atoms with E-state index >= 15 is 0 Å². The lowest BCUT2D eigenvalue weighted by Gasteiger charge is -2.12.